The minimum Gasteiger partial charge on any atom is -0.458 e. The van der Waals surface area contributed by atoms with Crippen LogP contribution in [0.2, 0.25) is 0 Å². The average Bonchev–Trinajstić information content (AvgIpc) is 2.49. The second-order valence-electron chi connectivity index (χ2n) is 6.57. The topological polar surface area (TPSA) is 55.4 Å². The fourth-order valence-electron chi connectivity index (χ4n) is 1.92. The first kappa shape index (κ1) is 19.6. The largest absolute Gasteiger partial charge is 0.458 e. The van der Waals surface area contributed by atoms with Crippen molar-refractivity contribution in [3.8, 4) is 0 Å². The Hall–Kier alpha value is -1.49. The molecule has 2 atom stereocenters. The van der Waals surface area contributed by atoms with E-state index in [9.17, 15) is 9.59 Å². The fraction of sp³-hybridized carbons (Fsp3) is 0.556. The monoisotopic (exact) mass is 337 g/mol. The summed E-state index contributed by atoms with van der Waals surface area (Å²) >= 11 is 1.45. The molecule has 0 radical (unpaired) electrons. The molecular weight excluding hydrogens is 310 g/mol. The van der Waals surface area contributed by atoms with E-state index >= 15 is 0 Å². The van der Waals surface area contributed by atoms with Crippen molar-refractivity contribution in [2.75, 3.05) is 5.75 Å². The highest BCUT2D eigenvalue weighted by atomic mass is 32.2. The van der Waals surface area contributed by atoms with E-state index in [-0.39, 0.29) is 23.5 Å². The fourth-order valence-corrected chi connectivity index (χ4v) is 2.65. The maximum atomic E-state index is 12.3. The van der Waals surface area contributed by atoms with Crippen molar-refractivity contribution >= 4 is 23.6 Å². The molecule has 0 spiro atoms. The van der Waals surface area contributed by atoms with Gasteiger partial charge in [-0.25, -0.2) is 4.79 Å². The molecule has 0 aliphatic rings. The normalized spacial score (nSPS) is 14.0. The molecule has 0 saturated heterocycles. The molecule has 0 aliphatic carbocycles. The third-order valence-electron chi connectivity index (χ3n) is 3.30. The van der Waals surface area contributed by atoms with Crippen molar-refractivity contribution in [3.05, 3.63) is 30.3 Å². The number of amides is 1. The van der Waals surface area contributed by atoms with Gasteiger partial charge in [0.15, 0.2) is 0 Å². The number of carbonyl (C=O) groups is 2. The minimum absolute atomic E-state index is 0.0236. The summed E-state index contributed by atoms with van der Waals surface area (Å²) in [5.41, 5.74) is -0.563. The Morgan fingerprint density at radius 2 is 1.83 bits per heavy atom. The summed E-state index contributed by atoms with van der Waals surface area (Å²) < 4.78 is 5.43. The van der Waals surface area contributed by atoms with Crippen molar-refractivity contribution in [2.45, 2.75) is 57.6 Å². The van der Waals surface area contributed by atoms with Crippen LogP contribution in [0, 0.1) is 5.92 Å². The Balaban J connectivity index is 2.62. The van der Waals surface area contributed by atoms with Gasteiger partial charge < -0.3 is 10.1 Å². The number of thioether (sulfide) groups is 1. The third kappa shape index (κ3) is 7.55. The molecule has 0 aromatic heterocycles. The smallest absolute Gasteiger partial charge is 0.329 e. The van der Waals surface area contributed by atoms with E-state index in [1.54, 1.807) is 0 Å². The molecule has 1 N–H and O–H groups in total. The number of hydrogen-bond acceptors (Lipinski definition) is 4. The zero-order valence-electron chi connectivity index (χ0n) is 14.6. The summed E-state index contributed by atoms with van der Waals surface area (Å²) in [5, 5.41) is 2.83. The number of ether oxygens (including phenoxy) is 1. The highest BCUT2D eigenvalue weighted by Crippen LogP contribution is 2.18. The first-order valence-electron chi connectivity index (χ1n) is 7.93. The van der Waals surface area contributed by atoms with Gasteiger partial charge in [-0.1, -0.05) is 38.5 Å². The SMILES string of the molecule is CC[C@H](C)C(NC(=O)CSc1ccccc1)C(=O)OC(C)(C)C. The lowest BCUT2D eigenvalue weighted by Crippen LogP contribution is -2.48. The lowest BCUT2D eigenvalue weighted by atomic mass is 9.99. The van der Waals surface area contributed by atoms with Gasteiger partial charge in [-0.2, -0.15) is 0 Å². The zero-order valence-corrected chi connectivity index (χ0v) is 15.4. The summed E-state index contributed by atoms with van der Waals surface area (Å²) in [4.78, 5) is 25.5. The van der Waals surface area contributed by atoms with Crippen LogP contribution >= 0.6 is 11.8 Å². The maximum absolute atomic E-state index is 12.3. The lowest BCUT2D eigenvalue weighted by molar-refractivity contribution is -0.160. The predicted octanol–water partition coefficient (Wildman–Crippen LogP) is 3.65. The highest BCUT2D eigenvalue weighted by Gasteiger charge is 2.30. The quantitative estimate of drug-likeness (QED) is 0.609. The van der Waals surface area contributed by atoms with Gasteiger partial charge in [-0.05, 0) is 38.8 Å². The van der Waals surface area contributed by atoms with Crippen molar-refractivity contribution in [1.82, 2.24) is 5.32 Å². The van der Waals surface area contributed by atoms with Crippen LogP contribution in [0.15, 0.2) is 35.2 Å². The minimum atomic E-state index is -0.608. The van der Waals surface area contributed by atoms with E-state index in [2.05, 4.69) is 5.32 Å². The van der Waals surface area contributed by atoms with Crippen LogP contribution < -0.4 is 5.32 Å². The van der Waals surface area contributed by atoms with Crippen molar-refractivity contribution in [2.24, 2.45) is 5.92 Å². The first-order chi connectivity index (χ1) is 10.7. The zero-order chi connectivity index (χ0) is 17.5. The molecule has 0 aliphatic heterocycles. The Morgan fingerprint density at radius 1 is 1.22 bits per heavy atom. The Morgan fingerprint density at radius 3 is 2.35 bits per heavy atom. The number of nitrogens with one attached hydrogen (secondary N) is 1. The van der Waals surface area contributed by atoms with Crippen LogP contribution in [0.5, 0.6) is 0 Å². The second-order valence-corrected chi connectivity index (χ2v) is 7.61. The Labute approximate surface area is 143 Å². The molecule has 1 amide bonds. The molecule has 23 heavy (non-hydrogen) atoms. The molecule has 5 heteroatoms. The molecule has 0 bridgehead atoms. The predicted molar refractivity (Wildman–Crippen MR) is 94.4 cm³/mol. The van der Waals surface area contributed by atoms with Gasteiger partial charge in [-0.3, -0.25) is 4.79 Å². The second kappa shape index (κ2) is 8.96. The summed E-state index contributed by atoms with van der Waals surface area (Å²) in [6.45, 7) is 9.41. The van der Waals surface area contributed by atoms with Gasteiger partial charge in [0.25, 0.3) is 0 Å². The molecular formula is C18H27NO3S. The van der Waals surface area contributed by atoms with E-state index in [1.807, 2.05) is 65.0 Å². The number of esters is 1. The molecule has 1 aromatic rings. The Kier molecular flexibility index (Phi) is 7.62. The molecule has 1 unspecified atom stereocenters. The van der Waals surface area contributed by atoms with Gasteiger partial charge in [0.2, 0.25) is 5.91 Å². The molecule has 0 fully saturated rings. The van der Waals surface area contributed by atoms with Crippen molar-refractivity contribution in [3.63, 3.8) is 0 Å². The van der Waals surface area contributed by atoms with Crippen molar-refractivity contribution < 1.29 is 14.3 Å². The van der Waals surface area contributed by atoms with E-state index in [1.165, 1.54) is 11.8 Å². The van der Waals surface area contributed by atoms with Crippen LogP contribution in [0.1, 0.15) is 41.0 Å². The lowest BCUT2D eigenvalue weighted by Gasteiger charge is -2.27. The van der Waals surface area contributed by atoms with Crippen molar-refractivity contribution in [1.29, 1.82) is 0 Å². The van der Waals surface area contributed by atoms with E-state index < -0.39 is 11.6 Å². The average molecular weight is 337 g/mol. The van der Waals surface area contributed by atoms with Crippen LogP contribution in [0.4, 0.5) is 0 Å². The van der Waals surface area contributed by atoms with Gasteiger partial charge in [0.1, 0.15) is 11.6 Å². The number of rotatable bonds is 7. The molecule has 128 valence electrons. The van der Waals surface area contributed by atoms with Gasteiger partial charge in [0.05, 0.1) is 5.75 Å². The number of carbonyl (C=O) groups excluding carboxylic acids is 2. The van der Waals surface area contributed by atoms with Gasteiger partial charge >= 0.3 is 5.97 Å². The summed E-state index contributed by atoms with van der Waals surface area (Å²) in [7, 11) is 0. The molecule has 1 rings (SSSR count). The summed E-state index contributed by atoms with van der Waals surface area (Å²) in [6.07, 6.45) is 0.788. The van der Waals surface area contributed by atoms with Crippen LogP contribution in [-0.2, 0) is 14.3 Å². The van der Waals surface area contributed by atoms with Crippen LogP contribution in [-0.4, -0.2) is 29.3 Å². The van der Waals surface area contributed by atoms with E-state index in [0.29, 0.717) is 0 Å². The Bertz CT molecular complexity index is 511. The number of benzene rings is 1. The summed E-state index contributed by atoms with van der Waals surface area (Å²) in [5.74, 6) is -0.227. The third-order valence-corrected chi connectivity index (χ3v) is 4.32. The molecule has 1 aromatic carbocycles. The van der Waals surface area contributed by atoms with E-state index in [0.717, 1.165) is 11.3 Å². The van der Waals surface area contributed by atoms with Gasteiger partial charge in [-0.15, -0.1) is 11.8 Å². The summed E-state index contributed by atoms with van der Waals surface area (Å²) in [6, 6.07) is 9.11. The maximum Gasteiger partial charge on any atom is 0.329 e. The number of hydrogen-bond donors (Lipinski definition) is 1. The highest BCUT2D eigenvalue weighted by molar-refractivity contribution is 8.00. The standard InChI is InChI=1S/C18H27NO3S/c1-6-13(2)16(17(21)22-18(3,4)5)19-15(20)12-23-14-10-8-7-9-11-14/h7-11,13,16H,6,12H2,1-5H3,(H,19,20)/t13-,16?/m0/s1. The molecule has 4 nitrogen and oxygen atoms in total. The van der Waals surface area contributed by atoms with E-state index in [4.69, 9.17) is 4.74 Å². The van der Waals surface area contributed by atoms with Crippen LogP contribution in [0.25, 0.3) is 0 Å². The first-order valence-corrected chi connectivity index (χ1v) is 8.91. The van der Waals surface area contributed by atoms with Crippen LogP contribution in [0.3, 0.4) is 0 Å². The molecule has 0 saturated carbocycles. The molecule has 0 heterocycles. The van der Waals surface area contributed by atoms with Gasteiger partial charge in [0, 0.05) is 4.90 Å².